The highest BCUT2D eigenvalue weighted by molar-refractivity contribution is 5.00. The van der Waals surface area contributed by atoms with Crippen molar-refractivity contribution in [1.82, 2.24) is 4.90 Å². The lowest BCUT2D eigenvalue weighted by Crippen LogP contribution is -2.63. The second-order valence-electron chi connectivity index (χ2n) is 6.46. The summed E-state index contributed by atoms with van der Waals surface area (Å²) in [4.78, 5) is 2.69. The molecule has 2 aliphatic rings. The van der Waals surface area contributed by atoms with Crippen LogP contribution in [0.15, 0.2) is 0 Å². The van der Waals surface area contributed by atoms with Crippen molar-refractivity contribution in [2.24, 2.45) is 17.6 Å². The second-order valence-corrected chi connectivity index (χ2v) is 6.46. The fourth-order valence-electron chi connectivity index (χ4n) is 3.86. The summed E-state index contributed by atoms with van der Waals surface area (Å²) in [6, 6.07) is 0.572. The predicted octanol–water partition coefficient (Wildman–Crippen LogP) is 2.25. The molecule has 18 heavy (non-hydrogen) atoms. The van der Waals surface area contributed by atoms with Gasteiger partial charge in [-0.3, -0.25) is 4.90 Å². The molecule has 0 amide bonds. The molecule has 106 valence electrons. The van der Waals surface area contributed by atoms with Crippen molar-refractivity contribution < 1.29 is 4.74 Å². The molecule has 0 spiro atoms. The summed E-state index contributed by atoms with van der Waals surface area (Å²) < 4.78 is 5.65. The second kappa shape index (κ2) is 5.89. The van der Waals surface area contributed by atoms with E-state index in [0.717, 1.165) is 38.1 Å². The Balaban J connectivity index is 2.15. The molecule has 4 atom stereocenters. The standard InChI is InChI=1S/C15H30N2O/c1-4-14-10-18-8-7-17(14)15(11-16)6-5-12(2)13(3)9-15/h12-14H,4-11,16H2,1-3H3. The highest BCUT2D eigenvalue weighted by atomic mass is 16.5. The van der Waals surface area contributed by atoms with Crippen LogP contribution in [-0.2, 0) is 4.74 Å². The molecule has 0 radical (unpaired) electrons. The van der Waals surface area contributed by atoms with Crippen LogP contribution < -0.4 is 5.73 Å². The van der Waals surface area contributed by atoms with Gasteiger partial charge >= 0.3 is 0 Å². The summed E-state index contributed by atoms with van der Waals surface area (Å²) in [5.74, 6) is 1.65. The number of rotatable bonds is 3. The molecule has 0 aromatic heterocycles. The number of nitrogens with zero attached hydrogens (tertiary/aromatic N) is 1. The first-order chi connectivity index (χ1) is 8.63. The van der Waals surface area contributed by atoms with Crippen LogP contribution >= 0.6 is 0 Å². The molecule has 1 aliphatic carbocycles. The first-order valence-corrected chi connectivity index (χ1v) is 7.67. The van der Waals surface area contributed by atoms with E-state index in [4.69, 9.17) is 10.5 Å². The highest BCUT2D eigenvalue weighted by Crippen LogP contribution is 2.41. The molecule has 1 saturated carbocycles. The number of ether oxygens (including phenoxy) is 1. The molecule has 2 N–H and O–H groups in total. The lowest BCUT2D eigenvalue weighted by atomic mass is 9.70. The molecule has 1 saturated heterocycles. The fourth-order valence-corrected chi connectivity index (χ4v) is 3.86. The van der Waals surface area contributed by atoms with Gasteiger partial charge in [-0.25, -0.2) is 0 Å². The van der Waals surface area contributed by atoms with Gasteiger partial charge in [0.1, 0.15) is 0 Å². The van der Waals surface area contributed by atoms with Crippen LogP contribution in [0.3, 0.4) is 0 Å². The zero-order valence-corrected chi connectivity index (χ0v) is 12.3. The van der Waals surface area contributed by atoms with Gasteiger partial charge in [-0.15, -0.1) is 0 Å². The van der Waals surface area contributed by atoms with Crippen molar-refractivity contribution in [2.75, 3.05) is 26.3 Å². The lowest BCUT2D eigenvalue weighted by molar-refractivity contribution is -0.0862. The number of hydrogen-bond donors (Lipinski definition) is 1. The smallest absolute Gasteiger partial charge is 0.0622 e. The molecule has 0 bridgehead atoms. The molecule has 3 heteroatoms. The third kappa shape index (κ3) is 2.59. The van der Waals surface area contributed by atoms with Crippen molar-refractivity contribution in [3.63, 3.8) is 0 Å². The lowest BCUT2D eigenvalue weighted by Gasteiger charge is -2.53. The minimum Gasteiger partial charge on any atom is -0.378 e. The van der Waals surface area contributed by atoms with Gasteiger partial charge in [-0.05, 0) is 37.5 Å². The molecule has 0 aromatic carbocycles. The Kier molecular flexibility index (Phi) is 4.68. The van der Waals surface area contributed by atoms with E-state index in [9.17, 15) is 0 Å². The zero-order valence-electron chi connectivity index (χ0n) is 12.3. The molecule has 4 unspecified atom stereocenters. The van der Waals surface area contributed by atoms with Crippen LogP contribution in [0.2, 0.25) is 0 Å². The van der Waals surface area contributed by atoms with Crippen molar-refractivity contribution in [2.45, 2.75) is 58.0 Å². The minimum atomic E-state index is 0.246. The van der Waals surface area contributed by atoms with Gasteiger partial charge in [0, 0.05) is 24.7 Å². The predicted molar refractivity (Wildman–Crippen MR) is 75.6 cm³/mol. The van der Waals surface area contributed by atoms with Gasteiger partial charge in [-0.2, -0.15) is 0 Å². The summed E-state index contributed by atoms with van der Waals surface area (Å²) >= 11 is 0. The summed E-state index contributed by atoms with van der Waals surface area (Å²) in [6.45, 7) is 10.7. The van der Waals surface area contributed by atoms with E-state index in [1.165, 1.54) is 25.7 Å². The van der Waals surface area contributed by atoms with Crippen LogP contribution in [0.1, 0.15) is 46.5 Å². The Morgan fingerprint density at radius 1 is 1.33 bits per heavy atom. The maximum absolute atomic E-state index is 6.21. The summed E-state index contributed by atoms with van der Waals surface area (Å²) in [5, 5.41) is 0. The Morgan fingerprint density at radius 3 is 2.72 bits per heavy atom. The van der Waals surface area contributed by atoms with E-state index in [0.29, 0.717) is 6.04 Å². The third-order valence-corrected chi connectivity index (χ3v) is 5.43. The van der Waals surface area contributed by atoms with Crippen LogP contribution in [0.5, 0.6) is 0 Å². The minimum absolute atomic E-state index is 0.246. The van der Waals surface area contributed by atoms with E-state index in [1.807, 2.05) is 0 Å². The molecule has 1 heterocycles. The number of morpholine rings is 1. The van der Waals surface area contributed by atoms with Crippen molar-refractivity contribution in [3.05, 3.63) is 0 Å². The third-order valence-electron chi connectivity index (χ3n) is 5.43. The Morgan fingerprint density at radius 2 is 2.11 bits per heavy atom. The van der Waals surface area contributed by atoms with Crippen molar-refractivity contribution in [3.8, 4) is 0 Å². The van der Waals surface area contributed by atoms with E-state index in [2.05, 4.69) is 25.7 Å². The van der Waals surface area contributed by atoms with Gasteiger partial charge < -0.3 is 10.5 Å². The van der Waals surface area contributed by atoms with Gasteiger partial charge in [0.05, 0.1) is 13.2 Å². The molecular weight excluding hydrogens is 224 g/mol. The number of hydrogen-bond acceptors (Lipinski definition) is 3. The van der Waals surface area contributed by atoms with Gasteiger partial charge in [0.15, 0.2) is 0 Å². The maximum atomic E-state index is 6.21. The van der Waals surface area contributed by atoms with E-state index >= 15 is 0 Å². The highest BCUT2D eigenvalue weighted by Gasteiger charge is 2.44. The fraction of sp³-hybridized carbons (Fsp3) is 1.00. The van der Waals surface area contributed by atoms with Crippen LogP contribution in [0.4, 0.5) is 0 Å². The van der Waals surface area contributed by atoms with E-state index < -0.39 is 0 Å². The monoisotopic (exact) mass is 254 g/mol. The molecular formula is C15H30N2O. The van der Waals surface area contributed by atoms with Crippen LogP contribution in [0, 0.1) is 11.8 Å². The van der Waals surface area contributed by atoms with Crippen LogP contribution in [0.25, 0.3) is 0 Å². The molecule has 0 aromatic rings. The molecule has 3 nitrogen and oxygen atoms in total. The summed E-state index contributed by atoms with van der Waals surface area (Å²) in [6.07, 6.45) is 5.03. The summed E-state index contributed by atoms with van der Waals surface area (Å²) in [7, 11) is 0. The van der Waals surface area contributed by atoms with Crippen molar-refractivity contribution in [1.29, 1.82) is 0 Å². The Labute approximate surface area is 112 Å². The topological polar surface area (TPSA) is 38.5 Å². The van der Waals surface area contributed by atoms with Gasteiger partial charge in [-0.1, -0.05) is 20.8 Å². The zero-order chi connectivity index (χ0) is 13.2. The summed E-state index contributed by atoms with van der Waals surface area (Å²) in [5.41, 5.74) is 6.46. The normalized spacial score (nSPS) is 43.0. The first-order valence-electron chi connectivity index (χ1n) is 7.67. The van der Waals surface area contributed by atoms with Crippen LogP contribution in [-0.4, -0.2) is 42.8 Å². The molecule has 2 fully saturated rings. The quantitative estimate of drug-likeness (QED) is 0.839. The average Bonchev–Trinajstić information content (AvgIpc) is 2.42. The van der Waals surface area contributed by atoms with Gasteiger partial charge in [0.25, 0.3) is 0 Å². The Bertz CT molecular complexity index is 271. The van der Waals surface area contributed by atoms with E-state index in [1.54, 1.807) is 0 Å². The Hall–Kier alpha value is -0.120. The van der Waals surface area contributed by atoms with Crippen molar-refractivity contribution >= 4 is 0 Å². The van der Waals surface area contributed by atoms with E-state index in [-0.39, 0.29) is 5.54 Å². The largest absolute Gasteiger partial charge is 0.378 e. The average molecular weight is 254 g/mol. The molecule has 2 rings (SSSR count). The maximum Gasteiger partial charge on any atom is 0.0622 e. The SMILES string of the molecule is CCC1COCCN1C1(CN)CCC(C)C(C)C1. The first kappa shape index (κ1) is 14.3. The number of nitrogens with two attached hydrogens (primary N) is 1. The molecule has 1 aliphatic heterocycles. The van der Waals surface area contributed by atoms with Gasteiger partial charge in [0.2, 0.25) is 0 Å².